The summed E-state index contributed by atoms with van der Waals surface area (Å²) in [5.74, 6) is 0.534. The summed E-state index contributed by atoms with van der Waals surface area (Å²) in [7, 11) is 0. The summed E-state index contributed by atoms with van der Waals surface area (Å²) in [6.07, 6.45) is 34.5. The van der Waals surface area contributed by atoms with E-state index >= 15 is 0 Å². The van der Waals surface area contributed by atoms with Gasteiger partial charge in [-0.1, -0.05) is 199 Å². The van der Waals surface area contributed by atoms with E-state index in [4.69, 9.17) is 47.4 Å². The molecule has 0 aliphatic heterocycles. The molecule has 0 spiro atoms. The lowest BCUT2D eigenvalue weighted by Gasteiger charge is -2.24. The van der Waals surface area contributed by atoms with E-state index in [0.29, 0.717) is 24.0 Å². The van der Waals surface area contributed by atoms with E-state index in [0.717, 1.165) is 83.8 Å². The average molecular weight is 1320 g/mol. The van der Waals surface area contributed by atoms with E-state index < -0.39 is 21.7 Å². The van der Waals surface area contributed by atoms with Gasteiger partial charge < -0.3 is 47.4 Å². The molecule has 0 bridgehead atoms. The van der Waals surface area contributed by atoms with E-state index in [1.807, 2.05) is 104 Å². The Morgan fingerprint density at radius 2 is 0.429 bits per heavy atom. The number of esters is 5. The summed E-state index contributed by atoms with van der Waals surface area (Å²) < 4.78 is 53.1. The van der Waals surface area contributed by atoms with Gasteiger partial charge in [-0.15, -0.1) is 0 Å². The van der Waals surface area contributed by atoms with Gasteiger partial charge in [-0.3, -0.25) is 24.0 Å². The van der Waals surface area contributed by atoms with Crippen LogP contribution in [0.3, 0.4) is 0 Å². The Bertz CT molecular complexity index is 1660. The van der Waals surface area contributed by atoms with E-state index in [1.54, 1.807) is 0 Å². The fourth-order valence-corrected chi connectivity index (χ4v) is 9.10. The Labute approximate surface area is 567 Å². The smallest absolute Gasteiger partial charge is 0.313 e. The first kappa shape index (κ1) is 110. The second kappa shape index (κ2) is 60.8. The summed E-state index contributed by atoms with van der Waals surface area (Å²) >= 11 is 0. The molecule has 15 heteroatoms. The van der Waals surface area contributed by atoms with Crippen LogP contribution in [-0.4, -0.2) is 95.3 Å². The van der Waals surface area contributed by atoms with Crippen LogP contribution >= 0.6 is 0 Å². The lowest BCUT2D eigenvalue weighted by Crippen LogP contribution is -2.28. The van der Waals surface area contributed by atoms with Gasteiger partial charge in [-0.25, -0.2) is 0 Å². The van der Waals surface area contributed by atoms with Gasteiger partial charge in [0, 0.05) is 0 Å². The van der Waals surface area contributed by atoms with Crippen molar-refractivity contribution in [2.75, 3.05) is 47.2 Å². The molecule has 0 heterocycles. The van der Waals surface area contributed by atoms with Crippen LogP contribution < -0.4 is 0 Å². The molecular formula is C76H162O15. The second-order valence-corrected chi connectivity index (χ2v) is 26.6. The molecule has 0 N–H and O–H groups in total. The first-order chi connectivity index (χ1) is 38.3. The summed E-state index contributed by atoms with van der Waals surface area (Å²) in [5.41, 5.74) is -1.97. The van der Waals surface area contributed by atoms with Crippen LogP contribution in [0.4, 0.5) is 0 Å². The van der Waals surface area contributed by atoms with Gasteiger partial charge in [-0.05, 0) is 177 Å². The Morgan fingerprint density at radius 3 is 0.637 bits per heavy atom. The number of rotatable bonds is 27. The largest absolute Gasteiger partial charge is 0.438 e. The Morgan fingerprint density at radius 1 is 0.264 bits per heavy atom. The minimum absolute atomic E-state index is 0. The van der Waals surface area contributed by atoms with E-state index in [-0.39, 0.29) is 150 Å². The maximum absolute atomic E-state index is 11.7. The Balaban J connectivity index is -0.000000110. The highest BCUT2D eigenvalue weighted by Crippen LogP contribution is 2.29. The van der Waals surface area contributed by atoms with Gasteiger partial charge in [0.2, 0.25) is 0 Å². The van der Waals surface area contributed by atoms with Crippen molar-refractivity contribution in [3.05, 3.63) is 0 Å². The van der Waals surface area contributed by atoms with Gasteiger partial charge in [0.15, 0.2) is 34.0 Å². The highest BCUT2D eigenvalue weighted by molar-refractivity contribution is 5.77. The van der Waals surface area contributed by atoms with Crippen LogP contribution in [0.2, 0.25) is 0 Å². The molecular weight excluding hydrogens is 1150 g/mol. The first-order valence-corrected chi connectivity index (χ1v) is 32.2. The molecule has 0 atom stereocenters. The van der Waals surface area contributed by atoms with E-state index in [1.165, 1.54) is 116 Å². The maximum Gasteiger partial charge on any atom is 0.313 e. The molecule has 0 unspecified atom stereocenters. The fraction of sp³-hybridized carbons (Fsp3) is 0.934. The van der Waals surface area contributed by atoms with Crippen molar-refractivity contribution in [1.82, 2.24) is 0 Å². The normalized spacial score (nSPS) is 16.2. The molecule has 5 rings (SSSR count). The van der Waals surface area contributed by atoms with Gasteiger partial charge in [-0.2, -0.15) is 0 Å². The molecule has 0 radical (unpaired) electrons. The summed E-state index contributed by atoms with van der Waals surface area (Å²) in [5, 5.41) is 0. The number of ether oxygens (including phenoxy) is 10. The van der Waals surface area contributed by atoms with Crippen molar-refractivity contribution < 1.29 is 71.3 Å². The molecule has 5 aliphatic carbocycles. The second-order valence-electron chi connectivity index (χ2n) is 26.6. The third-order valence-electron chi connectivity index (χ3n) is 17.8. The molecule has 91 heavy (non-hydrogen) atoms. The number of carbonyl (C=O) groups excluding carboxylic acids is 5. The van der Waals surface area contributed by atoms with Crippen molar-refractivity contribution >= 4 is 29.8 Å². The number of carbonyl (C=O) groups is 5. The molecule has 0 aromatic rings. The number of hydrogen-bond acceptors (Lipinski definition) is 15. The zero-order valence-corrected chi connectivity index (χ0v) is 54.5. The molecule has 5 aliphatic rings. The monoisotopic (exact) mass is 1320 g/mol. The first-order valence-electron chi connectivity index (χ1n) is 32.2. The van der Waals surface area contributed by atoms with Crippen molar-refractivity contribution in [1.29, 1.82) is 0 Å². The highest BCUT2D eigenvalue weighted by atomic mass is 16.7. The standard InChI is InChI=1S/2C14H26O3.2C13H24O3.C12H22O3.10CH4/c1-4-14(2,3)13(15)17-11-16-10-12-8-6-5-7-9-12;1-4-14(2,3)13(15)17-11-16-12-9-7-5-6-8-10-12;1-4-13(2,3)12(14)16-10-15-9-11-7-5-6-8-11;1-4-13(2,3)12(14)16-10-15-11-8-6-5-7-9-11;1-4-12(2,3)11(13)15-9-14-10-7-5-6-8-10;;;;;;;;;;/h2*12H,4-11H2,1-3H3;2*11H,4-10H2,1-3H3;10H,4-9H2,1-3H3;10*1H4. The van der Waals surface area contributed by atoms with Gasteiger partial charge in [0.25, 0.3) is 0 Å². The molecule has 0 amide bonds. The molecule has 5 saturated carbocycles. The quantitative estimate of drug-likeness (QED) is 0.0249. The van der Waals surface area contributed by atoms with Gasteiger partial charge in [0.1, 0.15) is 0 Å². The minimum Gasteiger partial charge on any atom is -0.438 e. The van der Waals surface area contributed by atoms with E-state index in [9.17, 15) is 24.0 Å². The van der Waals surface area contributed by atoms with Crippen LogP contribution in [0.15, 0.2) is 0 Å². The lowest BCUT2D eigenvalue weighted by atomic mass is 9.90. The van der Waals surface area contributed by atoms with E-state index in [2.05, 4.69) is 0 Å². The average Bonchev–Trinajstić information content (AvgIpc) is 4.26. The fourth-order valence-electron chi connectivity index (χ4n) is 9.10. The molecule has 15 nitrogen and oxygen atoms in total. The van der Waals surface area contributed by atoms with Crippen molar-refractivity contribution in [2.24, 2.45) is 38.9 Å². The summed E-state index contributed by atoms with van der Waals surface area (Å²) in [4.78, 5) is 58.1. The molecule has 0 saturated heterocycles. The Hall–Kier alpha value is -2.85. The van der Waals surface area contributed by atoms with Crippen LogP contribution in [0, 0.1) is 38.9 Å². The van der Waals surface area contributed by atoms with Crippen LogP contribution in [0.1, 0.15) is 364 Å². The molecule has 5 fully saturated rings. The van der Waals surface area contributed by atoms with Crippen molar-refractivity contribution in [3.63, 3.8) is 0 Å². The van der Waals surface area contributed by atoms with Crippen LogP contribution in [-0.2, 0) is 71.3 Å². The Kier molecular flexibility index (Phi) is 73.2. The molecule has 0 aromatic carbocycles. The lowest BCUT2D eigenvalue weighted by molar-refractivity contribution is -0.173. The highest BCUT2D eigenvalue weighted by Gasteiger charge is 2.31. The SMILES string of the molecule is C.C.C.C.C.C.C.C.C.C.CCC(C)(C)C(=O)OCOC1CCCC1.CCC(C)(C)C(=O)OCOC1CCCCC1.CCC(C)(C)C(=O)OCOC1CCCCCC1.CCC(C)(C)C(=O)OCOCC1CCCC1.CCC(C)(C)C(=O)OCOCC1CCCCC1. The maximum atomic E-state index is 11.7. The van der Waals surface area contributed by atoms with Crippen molar-refractivity contribution in [2.45, 2.75) is 383 Å². The summed E-state index contributed by atoms with van der Waals surface area (Å²) in [6.45, 7) is 31.0. The molecule has 556 valence electrons. The third-order valence-corrected chi connectivity index (χ3v) is 17.8. The predicted molar refractivity (Wildman–Crippen MR) is 387 cm³/mol. The van der Waals surface area contributed by atoms with Crippen LogP contribution in [0.25, 0.3) is 0 Å². The topological polar surface area (TPSA) is 178 Å². The zero-order chi connectivity index (χ0) is 60.8. The number of hydrogen-bond donors (Lipinski definition) is 0. The molecule has 0 aromatic heterocycles. The third kappa shape index (κ3) is 49.4. The van der Waals surface area contributed by atoms with Crippen LogP contribution in [0.5, 0.6) is 0 Å². The minimum atomic E-state index is -0.396. The zero-order valence-electron chi connectivity index (χ0n) is 54.5. The summed E-state index contributed by atoms with van der Waals surface area (Å²) in [6, 6.07) is 0. The van der Waals surface area contributed by atoms with Gasteiger partial charge >= 0.3 is 29.8 Å². The van der Waals surface area contributed by atoms with Gasteiger partial charge in [0.05, 0.1) is 58.6 Å². The van der Waals surface area contributed by atoms with Crippen molar-refractivity contribution in [3.8, 4) is 0 Å². The predicted octanol–water partition coefficient (Wildman–Crippen LogP) is 22.8.